The van der Waals surface area contributed by atoms with E-state index in [9.17, 15) is 0 Å². The summed E-state index contributed by atoms with van der Waals surface area (Å²) in [5.41, 5.74) is 9.62. The third-order valence-electron chi connectivity index (χ3n) is 5.20. The number of hydrogen-bond acceptors (Lipinski definition) is 6. The van der Waals surface area contributed by atoms with Crippen molar-refractivity contribution in [3.8, 4) is 0 Å². The van der Waals surface area contributed by atoms with Gasteiger partial charge in [-0.25, -0.2) is 9.97 Å². The highest BCUT2D eigenvalue weighted by Gasteiger charge is 2.34. The molecule has 0 spiro atoms. The van der Waals surface area contributed by atoms with Crippen LogP contribution in [-0.2, 0) is 7.05 Å². The molecular formula is C20H25N7. The predicted octanol–water partition coefficient (Wildman–Crippen LogP) is 2.22. The van der Waals surface area contributed by atoms with Crippen LogP contribution < -0.4 is 15.5 Å². The molecule has 1 aromatic carbocycles. The molecule has 0 bridgehead atoms. The van der Waals surface area contributed by atoms with Gasteiger partial charge < -0.3 is 20.1 Å². The molecule has 2 atom stereocenters. The Morgan fingerprint density at radius 2 is 1.93 bits per heavy atom. The van der Waals surface area contributed by atoms with E-state index >= 15 is 0 Å². The maximum Gasteiger partial charge on any atom is 0.231 e. The van der Waals surface area contributed by atoms with Crippen molar-refractivity contribution in [3.05, 3.63) is 60.3 Å². The third kappa shape index (κ3) is 3.38. The number of hydrogen-bond donors (Lipinski definition) is 1. The first-order valence-electron chi connectivity index (χ1n) is 9.14. The van der Waals surface area contributed by atoms with Gasteiger partial charge in [0.05, 0.1) is 6.33 Å². The molecule has 140 valence electrons. The van der Waals surface area contributed by atoms with Gasteiger partial charge in [0, 0.05) is 68.5 Å². The number of nitrogens with two attached hydrogens (primary N) is 1. The number of anilines is 3. The first-order valence-corrected chi connectivity index (χ1v) is 9.14. The number of aryl methyl sites for hydroxylation is 2. The first kappa shape index (κ1) is 17.5. The second-order valence-electron chi connectivity index (χ2n) is 7.17. The van der Waals surface area contributed by atoms with Crippen LogP contribution in [0.4, 0.5) is 17.5 Å². The summed E-state index contributed by atoms with van der Waals surface area (Å²) in [6.07, 6.45) is 3.74. The van der Waals surface area contributed by atoms with E-state index in [1.165, 1.54) is 0 Å². The minimum absolute atomic E-state index is 0.0472. The first-order chi connectivity index (χ1) is 13.0. The van der Waals surface area contributed by atoms with Crippen LogP contribution in [-0.4, -0.2) is 45.7 Å². The Labute approximate surface area is 159 Å². The lowest BCUT2D eigenvalue weighted by Crippen LogP contribution is -2.29. The van der Waals surface area contributed by atoms with E-state index in [0.717, 1.165) is 36.0 Å². The summed E-state index contributed by atoms with van der Waals surface area (Å²) in [5, 5.41) is 0. The Morgan fingerprint density at radius 3 is 2.63 bits per heavy atom. The SMILES string of the molecule is Cc1cc(N2C[C@@H](N)[C@H](c3cncn3C)C2)nc(N(C)c2ccccc2)n1. The molecule has 0 saturated carbocycles. The van der Waals surface area contributed by atoms with Gasteiger partial charge >= 0.3 is 0 Å². The quantitative estimate of drug-likeness (QED) is 0.766. The molecule has 4 rings (SSSR count). The standard InChI is InChI=1S/C20H25N7/c1-14-9-19(24-20(23-14)26(3)15-7-5-4-6-8-15)27-11-16(17(21)12-27)18-10-22-13-25(18)2/h4-10,13,16-17H,11-12,21H2,1-3H3/t16-,17-/m1/s1. The van der Waals surface area contributed by atoms with Crippen molar-refractivity contribution >= 4 is 17.5 Å². The topological polar surface area (TPSA) is 76.1 Å². The van der Waals surface area contributed by atoms with Crippen LogP contribution in [0.5, 0.6) is 0 Å². The minimum Gasteiger partial charge on any atom is -0.354 e. The largest absolute Gasteiger partial charge is 0.354 e. The van der Waals surface area contributed by atoms with Gasteiger partial charge in [-0.3, -0.25) is 0 Å². The van der Waals surface area contributed by atoms with Gasteiger partial charge in [0.2, 0.25) is 5.95 Å². The molecule has 2 aromatic heterocycles. The summed E-state index contributed by atoms with van der Waals surface area (Å²) in [6, 6.07) is 12.2. The van der Waals surface area contributed by atoms with Crippen LogP contribution in [0.2, 0.25) is 0 Å². The molecule has 0 aliphatic carbocycles. The van der Waals surface area contributed by atoms with Crippen LogP contribution >= 0.6 is 0 Å². The van der Waals surface area contributed by atoms with Crippen LogP contribution in [0.25, 0.3) is 0 Å². The Balaban J connectivity index is 1.61. The average molecular weight is 363 g/mol. The third-order valence-corrected chi connectivity index (χ3v) is 5.20. The fourth-order valence-corrected chi connectivity index (χ4v) is 3.67. The highest BCUT2D eigenvalue weighted by Crippen LogP contribution is 2.30. The van der Waals surface area contributed by atoms with Gasteiger partial charge in [-0.2, -0.15) is 4.98 Å². The molecule has 0 unspecified atom stereocenters. The van der Waals surface area contributed by atoms with E-state index in [0.29, 0.717) is 5.95 Å². The zero-order chi connectivity index (χ0) is 19.0. The van der Waals surface area contributed by atoms with Crippen molar-refractivity contribution in [1.29, 1.82) is 0 Å². The number of para-hydroxylation sites is 1. The zero-order valence-electron chi connectivity index (χ0n) is 15.9. The van der Waals surface area contributed by atoms with Crippen LogP contribution in [0.15, 0.2) is 48.9 Å². The van der Waals surface area contributed by atoms with E-state index in [-0.39, 0.29) is 12.0 Å². The molecule has 1 saturated heterocycles. The van der Waals surface area contributed by atoms with E-state index < -0.39 is 0 Å². The lowest BCUT2D eigenvalue weighted by atomic mass is 10.0. The summed E-state index contributed by atoms with van der Waals surface area (Å²) in [4.78, 5) is 17.9. The highest BCUT2D eigenvalue weighted by atomic mass is 15.3. The molecule has 3 aromatic rings. The van der Waals surface area contributed by atoms with Crippen LogP contribution in [0, 0.1) is 6.92 Å². The lowest BCUT2D eigenvalue weighted by molar-refractivity contribution is 0.611. The number of benzene rings is 1. The second-order valence-corrected chi connectivity index (χ2v) is 7.17. The molecule has 1 aliphatic heterocycles. The second kappa shape index (κ2) is 7.00. The summed E-state index contributed by atoms with van der Waals surface area (Å²) in [5.74, 6) is 1.84. The number of nitrogens with zero attached hydrogens (tertiary/aromatic N) is 6. The lowest BCUT2D eigenvalue weighted by Gasteiger charge is -2.22. The Morgan fingerprint density at radius 1 is 1.15 bits per heavy atom. The van der Waals surface area contributed by atoms with Gasteiger partial charge in [0.15, 0.2) is 0 Å². The fraction of sp³-hybridized carbons (Fsp3) is 0.350. The molecule has 2 N–H and O–H groups in total. The highest BCUT2D eigenvalue weighted by molar-refractivity contribution is 5.58. The summed E-state index contributed by atoms with van der Waals surface area (Å²) >= 11 is 0. The van der Waals surface area contributed by atoms with Crippen LogP contribution in [0.1, 0.15) is 17.3 Å². The Bertz CT molecular complexity index is 921. The van der Waals surface area contributed by atoms with Crippen molar-refractivity contribution in [2.75, 3.05) is 29.9 Å². The average Bonchev–Trinajstić information content (AvgIpc) is 3.26. The molecule has 0 amide bonds. The van der Waals surface area contributed by atoms with Gasteiger partial charge in [0.1, 0.15) is 5.82 Å². The summed E-state index contributed by atoms with van der Waals surface area (Å²) in [7, 11) is 4.00. The van der Waals surface area contributed by atoms with Crippen molar-refractivity contribution in [1.82, 2.24) is 19.5 Å². The molecule has 1 aliphatic rings. The summed E-state index contributed by atoms with van der Waals surface area (Å²) < 4.78 is 2.05. The fourth-order valence-electron chi connectivity index (χ4n) is 3.67. The van der Waals surface area contributed by atoms with Crippen molar-refractivity contribution in [2.45, 2.75) is 18.9 Å². The maximum absolute atomic E-state index is 6.46. The zero-order valence-corrected chi connectivity index (χ0v) is 15.9. The van der Waals surface area contributed by atoms with Gasteiger partial charge in [-0.15, -0.1) is 0 Å². The molecular weight excluding hydrogens is 338 g/mol. The summed E-state index contributed by atoms with van der Waals surface area (Å²) in [6.45, 7) is 3.59. The van der Waals surface area contributed by atoms with Crippen molar-refractivity contribution < 1.29 is 0 Å². The van der Waals surface area contributed by atoms with Crippen molar-refractivity contribution in [2.24, 2.45) is 12.8 Å². The number of aromatic nitrogens is 4. The molecule has 3 heterocycles. The van der Waals surface area contributed by atoms with Gasteiger partial charge in [-0.05, 0) is 19.1 Å². The smallest absolute Gasteiger partial charge is 0.231 e. The number of imidazole rings is 1. The molecule has 1 fully saturated rings. The van der Waals surface area contributed by atoms with Crippen molar-refractivity contribution in [3.63, 3.8) is 0 Å². The maximum atomic E-state index is 6.46. The Kier molecular flexibility index (Phi) is 4.53. The monoisotopic (exact) mass is 363 g/mol. The minimum atomic E-state index is 0.0472. The van der Waals surface area contributed by atoms with E-state index in [1.807, 2.05) is 67.3 Å². The molecule has 7 nitrogen and oxygen atoms in total. The van der Waals surface area contributed by atoms with Gasteiger partial charge in [0.25, 0.3) is 0 Å². The van der Waals surface area contributed by atoms with Gasteiger partial charge in [-0.1, -0.05) is 18.2 Å². The predicted molar refractivity (Wildman–Crippen MR) is 107 cm³/mol. The molecule has 7 heteroatoms. The molecule has 27 heavy (non-hydrogen) atoms. The molecule has 0 radical (unpaired) electrons. The number of rotatable bonds is 4. The van der Waals surface area contributed by atoms with E-state index in [4.69, 9.17) is 10.7 Å². The van der Waals surface area contributed by atoms with Crippen LogP contribution in [0.3, 0.4) is 0 Å². The van der Waals surface area contributed by atoms with E-state index in [1.54, 1.807) is 0 Å². The Hall–Kier alpha value is -2.93. The normalized spacial score (nSPS) is 19.5. The van der Waals surface area contributed by atoms with E-state index in [2.05, 4.69) is 27.0 Å².